The van der Waals surface area contributed by atoms with Gasteiger partial charge >= 0.3 is 24.2 Å². The first-order valence-electron chi connectivity index (χ1n) is 22.9. The highest BCUT2D eigenvalue weighted by Crippen LogP contribution is 2.30. The molecule has 0 radical (unpaired) electrons. The minimum absolute atomic E-state index is 0.0201. The van der Waals surface area contributed by atoms with E-state index in [1.165, 1.54) is 33.4 Å². The van der Waals surface area contributed by atoms with E-state index in [4.69, 9.17) is 40.4 Å². The minimum Gasteiger partial charge on any atom is -0.491 e. The number of benzene rings is 2. The summed E-state index contributed by atoms with van der Waals surface area (Å²) in [6, 6.07) is 11.1. The predicted molar refractivity (Wildman–Crippen MR) is 255 cm³/mol. The SMILES string of the molecule is CC(=O)CCl.CC(=O)COCCOc1ccc(N2CCN(C3CCC(=O)N(C(=O)OC(C)(C)C)C3=O)C2=O)cc1.CC(C)(C)OC(=O)N1C(=O)CCC(N2CCN(c3ccc(OCCO)cc3)C2=O)C1=O. The van der Waals surface area contributed by atoms with Crippen molar-refractivity contribution < 1.29 is 76.7 Å². The topological polar surface area (TPSA) is 257 Å². The highest BCUT2D eigenvalue weighted by molar-refractivity contribution is 6.27. The van der Waals surface area contributed by atoms with Crippen molar-refractivity contribution in [2.24, 2.45) is 0 Å². The minimum atomic E-state index is -1.03. The van der Waals surface area contributed by atoms with E-state index in [-0.39, 0.29) is 101 Å². The second-order valence-corrected chi connectivity index (χ2v) is 18.7. The third-order valence-electron chi connectivity index (χ3n) is 10.4. The van der Waals surface area contributed by atoms with Crippen LogP contribution in [-0.4, -0.2) is 173 Å². The number of amides is 10. The van der Waals surface area contributed by atoms with Gasteiger partial charge in [0.05, 0.1) is 19.1 Å². The zero-order chi connectivity index (χ0) is 52.8. The monoisotopic (exact) mass is 1010 g/mol. The summed E-state index contributed by atoms with van der Waals surface area (Å²) in [6.45, 7) is 14.7. The summed E-state index contributed by atoms with van der Waals surface area (Å²) >= 11 is 4.99. The van der Waals surface area contributed by atoms with Crippen LogP contribution >= 0.6 is 11.6 Å². The maximum absolute atomic E-state index is 13.1. The van der Waals surface area contributed by atoms with E-state index in [0.717, 1.165) is 0 Å². The van der Waals surface area contributed by atoms with Crippen LogP contribution in [0.3, 0.4) is 0 Å². The summed E-state index contributed by atoms with van der Waals surface area (Å²) in [5.74, 6) is -1.50. The van der Waals surface area contributed by atoms with Crippen LogP contribution in [0.15, 0.2) is 48.5 Å². The fourth-order valence-electron chi connectivity index (χ4n) is 7.32. The van der Waals surface area contributed by atoms with E-state index in [2.05, 4.69) is 0 Å². The second kappa shape index (κ2) is 25.5. The number of Topliss-reactive ketones (excluding diaryl/α,β-unsaturated/α-hetero) is 2. The molecule has 0 aliphatic carbocycles. The van der Waals surface area contributed by atoms with Crippen LogP contribution in [0.4, 0.5) is 30.6 Å². The number of ether oxygens (including phenoxy) is 5. The Bertz CT molecular complexity index is 2280. The normalized spacial score (nSPS) is 18.5. The Labute approximate surface area is 416 Å². The van der Waals surface area contributed by atoms with E-state index < -0.39 is 59.1 Å². The van der Waals surface area contributed by atoms with Gasteiger partial charge in [0, 0.05) is 50.4 Å². The van der Waals surface area contributed by atoms with Crippen molar-refractivity contribution in [1.82, 2.24) is 19.6 Å². The number of carbonyl (C=O) groups excluding carboxylic acids is 10. The summed E-state index contributed by atoms with van der Waals surface area (Å²) in [4.78, 5) is 129. The number of nitrogens with zero attached hydrogens (tertiary/aromatic N) is 6. The van der Waals surface area contributed by atoms with Crippen LogP contribution in [0.2, 0.25) is 0 Å². The molecule has 0 saturated carbocycles. The average Bonchev–Trinajstić information content (AvgIpc) is 3.86. The van der Waals surface area contributed by atoms with Gasteiger partial charge in [-0.05, 0) is 117 Å². The molecule has 0 aromatic heterocycles. The van der Waals surface area contributed by atoms with Gasteiger partial charge in [-0.1, -0.05) is 0 Å². The lowest BCUT2D eigenvalue weighted by Crippen LogP contribution is -2.57. The van der Waals surface area contributed by atoms with Crippen molar-refractivity contribution in [3.63, 3.8) is 0 Å². The number of hydrogen-bond donors (Lipinski definition) is 1. The number of urea groups is 2. The first-order chi connectivity index (χ1) is 33.4. The molecular formula is C48H63ClN6O16. The molecule has 4 aliphatic heterocycles. The Balaban J connectivity index is 0.000000283. The lowest BCUT2D eigenvalue weighted by atomic mass is 10.0. The molecule has 2 atom stereocenters. The summed E-state index contributed by atoms with van der Waals surface area (Å²) in [5, 5.41) is 8.82. The fourth-order valence-corrected chi connectivity index (χ4v) is 7.32. The molecule has 4 heterocycles. The number of imide groups is 6. The molecule has 71 heavy (non-hydrogen) atoms. The van der Waals surface area contributed by atoms with Crippen molar-refractivity contribution in [3.8, 4) is 11.5 Å². The molecule has 2 aromatic rings. The number of aliphatic hydroxyl groups is 1. The molecule has 6 rings (SSSR count). The van der Waals surface area contributed by atoms with Crippen molar-refractivity contribution in [2.75, 3.05) is 74.9 Å². The van der Waals surface area contributed by atoms with Gasteiger partial charge < -0.3 is 38.6 Å². The van der Waals surface area contributed by atoms with E-state index in [9.17, 15) is 47.9 Å². The number of hydrogen-bond acceptors (Lipinski definition) is 16. The quantitative estimate of drug-likeness (QED) is 0.149. The van der Waals surface area contributed by atoms with Crippen LogP contribution in [0.25, 0.3) is 0 Å². The first-order valence-corrected chi connectivity index (χ1v) is 23.5. The van der Waals surface area contributed by atoms with Crippen LogP contribution in [-0.2, 0) is 43.0 Å². The molecule has 0 bridgehead atoms. The number of alkyl halides is 1. The summed E-state index contributed by atoms with van der Waals surface area (Å²) in [6.07, 6.45) is -1.81. The Morgan fingerprint density at radius 1 is 0.592 bits per heavy atom. The van der Waals surface area contributed by atoms with Gasteiger partial charge in [0.2, 0.25) is 11.8 Å². The number of aliphatic hydroxyl groups excluding tert-OH is 1. The van der Waals surface area contributed by atoms with Crippen molar-refractivity contribution >= 4 is 82.4 Å². The third kappa shape index (κ3) is 16.2. The molecule has 2 aromatic carbocycles. The number of anilines is 2. The van der Waals surface area contributed by atoms with Crippen LogP contribution in [0.1, 0.15) is 81.1 Å². The highest BCUT2D eigenvalue weighted by Gasteiger charge is 2.48. The lowest BCUT2D eigenvalue weighted by Gasteiger charge is -2.34. The van der Waals surface area contributed by atoms with Crippen LogP contribution < -0.4 is 19.3 Å². The molecular weight excluding hydrogens is 952 g/mol. The summed E-state index contributed by atoms with van der Waals surface area (Å²) in [5.41, 5.74) is -0.478. The predicted octanol–water partition coefficient (Wildman–Crippen LogP) is 4.93. The van der Waals surface area contributed by atoms with E-state index in [1.54, 1.807) is 90.1 Å². The fraction of sp³-hybridized carbons (Fsp3) is 0.542. The van der Waals surface area contributed by atoms with Gasteiger partial charge in [0.1, 0.15) is 60.4 Å². The Morgan fingerprint density at radius 2 is 0.972 bits per heavy atom. The van der Waals surface area contributed by atoms with E-state index >= 15 is 0 Å². The van der Waals surface area contributed by atoms with Gasteiger partial charge in [0.15, 0.2) is 5.78 Å². The maximum Gasteiger partial charge on any atom is 0.424 e. The molecule has 2 unspecified atom stereocenters. The maximum atomic E-state index is 13.1. The molecule has 4 saturated heterocycles. The highest BCUT2D eigenvalue weighted by atomic mass is 35.5. The number of ketones is 2. The Morgan fingerprint density at radius 3 is 1.31 bits per heavy atom. The molecule has 1 N–H and O–H groups in total. The van der Waals surface area contributed by atoms with Gasteiger partial charge in [0.25, 0.3) is 11.8 Å². The van der Waals surface area contributed by atoms with Crippen molar-refractivity contribution in [3.05, 3.63) is 48.5 Å². The van der Waals surface area contributed by atoms with Gasteiger partial charge in [-0.25, -0.2) is 19.2 Å². The van der Waals surface area contributed by atoms with Gasteiger partial charge in [-0.3, -0.25) is 38.6 Å². The lowest BCUT2D eigenvalue weighted by molar-refractivity contribution is -0.152. The zero-order valence-corrected chi connectivity index (χ0v) is 42.1. The first kappa shape index (κ1) is 56.9. The third-order valence-corrected chi connectivity index (χ3v) is 10.8. The van der Waals surface area contributed by atoms with Crippen molar-refractivity contribution in [1.29, 1.82) is 0 Å². The molecule has 388 valence electrons. The molecule has 23 heteroatoms. The number of piperidine rings is 2. The standard InChI is InChI=1S/C24H31N3O8.C21H27N3O7.C3H5ClO/c1-16(28)15-33-13-14-34-18-7-5-17(6-8-18)25-11-12-26(22(25)31)19-9-10-20(29)27(21(19)30)23(32)35-24(2,3)4;1-21(2,3)31-20(29)24-17(26)9-8-16(18(24)27)23-11-10-22(19(23)28)14-4-6-15(7-5-14)30-13-12-25;1-3(5)2-4/h5-8,19H,9-15H2,1-4H3;4-7,16,25H,8-13H2,1-3H3;2H2,1H3. The molecule has 0 spiro atoms. The van der Waals surface area contributed by atoms with Crippen molar-refractivity contribution in [2.45, 2.75) is 104 Å². The van der Waals surface area contributed by atoms with Gasteiger partial charge in [-0.2, -0.15) is 9.80 Å². The number of carbonyl (C=O) groups is 10. The average molecular weight is 1020 g/mol. The van der Waals surface area contributed by atoms with E-state index in [0.29, 0.717) is 45.8 Å². The second-order valence-electron chi connectivity index (χ2n) is 18.5. The molecule has 22 nitrogen and oxygen atoms in total. The smallest absolute Gasteiger partial charge is 0.424 e. The van der Waals surface area contributed by atoms with E-state index in [1.807, 2.05) is 0 Å². The molecule has 10 amide bonds. The summed E-state index contributed by atoms with van der Waals surface area (Å²) in [7, 11) is 0. The zero-order valence-electron chi connectivity index (χ0n) is 41.3. The van der Waals surface area contributed by atoms with Crippen LogP contribution in [0.5, 0.6) is 11.5 Å². The van der Waals surface area contributed by atoms with Crippen LogP contribution in [0, 0.1) is 0 Å². The molecule has 4 aliphatic rings. The van der Waals surface area contributed by atoms with Gasteiger partial charge in [-0.15, -0.1) is 11.6 Å². The number of halogens is 1. The molecule has 4 fully saturated rings. The largest absolute Gasteiger partial charge is 0.491 e. The summed E-state index contributed by atoms with van der Waals surface area (Å²) < 4.78 is 26.4. The number of rotatable bonds is 14. The Kier molecular flexibility index (Phi) is 20.4. The Hall–Kier alpha value is -6.65. The number of likely N-dealkylation sites (tertiary alicyclic amines) is 2.